The van der Waals surface area contributed by atoms with Crippen molar-refractivity contribution >= 4 is 11.6 Å². The van der Waals surface area contributed by atoms with Gasteiger partial charge in [-0.3, -0.25) is 0 Å². The number of ether oxygens (including phenoxy) is 2. The van der Waals surface area contributed by atoms with Crippen LogP contribution >= 0.6 is 11.6 Å². The van der Waals surface area contributed by atoms with Gasteiger partial charge in [-0.2, -0.15) is 0 Å². The quantitative estimate of drug-likeness (QED) is 0.637. The third-order valence-electron chi connectivity index (χ3n) is 3.34. The minimum Gasteiger partial charge on any atom is -0.493 e. The molecule has 0 aromatic heterocycles. The zero-order valence-corrected chi connectivity index (χ0v) is 14.4. The second-order valence-electron chi connectivity index (χ2n) is 5.49. The fraction of sp³-hybridized carbons (Fsp3) is 0.647. The Morgan fingerprint density at radius 3 is 2.62 bits per heavy atom. The second kappa shape index (κ2) is 9.91. The number of nitrogens with one attached hydrogen (secondary N) is 1. The molecule has 0 fully saturated rings. The predicted octanol–water partition coefficient (Wildman–Crippen LogP) is 4.66. The van der Waals surface area contributed by atoms with E-state index in [1.807, 2.05) is 12.1 Å². The molecule has 0 radical (unpaired) electrons. The predicted molar refractivity (Wildman–Crippen MR) is 89.6 cm³/mol. The molecule has 0 saturated carbocycles. The van der Waals surface area contributed by atoms with Crippen LogP contribution in [-0.2, 0) is 6.54 Å². The molecule has 4 heteroatoms. The standard InChI is InChI=1S/C17H28ClNO2/c1-5-7-13(3)12-21-17-15(18)9-14(10-16(17)20-4)11-19-8-6-2/h9-10,13,19H,5-8,11-12H2,1-4H3. The summed E-state index contributed by atoms with van der Waals surface area (Å²) in [4.78, 5) is 0. The zero-order valence-electron chi connectivity index (χ0n) is 13.7. The van der Waals surface area contributed by atoms with Crippen LogP contribution < -0.4 is 14.8 Å². The van der Waals surface area contributed by atoms with Crippen molar-refractivity contribution in [1.82, 2.24) is 5.32 Å². The number of methoxy groups -OCH3 is 1. The summed E-state index contributed by atoms with van der Waals surface area (Å²) in [5.41, 5.74) is 1.11. The van der Waals surface area contributed by atoms with Crippen LogP contribution in [0.3, 0.4) is 0 Å². The van der Waals surface area contributed by atoms with Gasteiger partial charge >= 0.3 is 0 Å². The van der Waals surface area contributed by atoms with Gasteiger partial charge in [0.1, 0.15) is 0 Å². The molecule has 0 heterocycles. The summed E-state index contributed by atoms with van der Waals surface area (Å²) >= 11 is 6.35. The summed E-state index contributed by atoms with van der Waals surface area (Å²) in [7, 11) is 1.65. The van der Waals surface area contributed by atoms with Crippen LogP contribution in [0, 0.1) is 5.92 Å². The molecule has 3 nitrogen and oxygen atoms in total. The van der Waals surface area contributed by atoms with Gasteiger partial charge in [0.05, 0.1) is 18.7 Å². The largest absolute Gasteiger partial charge is 0.493 e. The first-order chi connectivity index (χ1) is 10.1. The van der Waals surface area contributed by atoms with Gasteiger partial charge in [0.2, 0.25) is 0 Å². The molecular weight excluding hydrogens is 286 g/mol. The molecule has 1 atom stereocenters. The average molecular weight is 314 g/mol. The first-order valence-electron chi connectivity index (χ1n) is 7.82. The van der Waals surface area contributed by atoms with Crippen molar-refractivity contribution in [3.05, 3.63) is 22.7 Å². The van der Waals surface area contributed by atoms with Crippen LogP contribution in [0.25, 0.3) is 0 Å². The highest BCUT2D eigenvalue weighted by molar-refractivity contribution is 6.32. The van der Waals surface area contributed by atoms with Gasteiger partial charge in [0, 0.05) is 6.54 Å². The molecule has 0 spiro atoms. The van der Waals surface area contributed by atoms with E-state index in [0.29, 0.717) is 29.0 Å². The molecule has 0 bridgehead atoms. The Morgan fingerprint density at radius 1 is 1.24 bits per heavy atom. The normalized spacial score (nSPS) is 12.2. The van der Waals surface area contributed by atoms with Gasteiger partial charge in [0.25, 0.3) is 0 Å². The molecule has 1 unspecified atom stereocenters. The smallest absolute Gasteiger partial charge is 0.179 e. The number of rotatable bonds is 10. The Kier molecular flexibility index (Phi) is 8.55. The third-order valence-corrected chi connectivity index (χ3v) is 3.62. The van der Waals surface area contributed by atoms with E-state index in [4.69, 9.17) is 21.1 Å². The molecule has 0 aliphatic carbocycles. The topological polar surface area (TPSA) is 30.5 Å². The third kappa shape index (κ3) is 6.15. The summed E-state index contributed by atoms with van der Waals surface area (Å²) in [6, 6.07) is 3.95. The second-order valence-corrected chi connectivity index (χ2v) is 5.90. The summed E-state index contributed by atoms with van der Waals surface area (Å²) in [6.07, 6.45) is 3.43. The SMILES string of the molecule is CCCNCc1cc(Cl)c(OCC(C)CCC)c(OC)c1. The Balaban J connectivity index is 2.74. The molecule has 0 saturated heterocycles. The molecule has 1 N–H and O–H groups in total. The first kappa shape index (κ1) is 18.1. The van der Waals surface area contributed by atoms with Crippen LogP contribution in [0.4, 0.5) is 0 Å². The average Bonchev–Trinajstić information content (AvgIpc) is 2.46. The van der Waals surface area contributed by atoms with Gasteiger partial charge in [-0.05, 0) is 43.0 Å². The van der Waals surface area contributed by atoms with E-state index in [9.17, 15) is 0 Å². The number of benzene rings is 1. The van der Waals surface area contributed by atoms with E-state index in [2.05, 4.69) is 26.1 Å². The summed E-state index contributed by atoms with van der Waals surface area (Å²) < 4.78 is 11.3. The summed E-state index contributed by atoms with van der Waals surface area (Å²) in [5.74, 6) is 1.88. The molecule has 120 valence electrons. The van der Waals surface area contributed by atoms with Gasteiger partial charge in [0.15, 0.2) is 11.5 Å². The van der Waals surface area contributed by atoms with Gasteiger partial charge in [-0.15, -0.1) is 0 Å². The lowest BCUT2D eigenvalue weighted by Crippen LogP contribution is -2.14. The summed E-state index contributed by atoms with van der Waals surface area (Å²) in [5, 5.41) is 3.98. The van der Waals surface area contributed by atoms with E-state index in [1.165, 1.54) is 0 Å². The van der Waals surface area contributed by atoms with Crippen LogP contribution in [0.15, 0.2) is 12.1 Å². The Labute approximate surface area is 134 Å². The minimum absolute atomic E-state index is 0.515. The number of hydrogen-bond donors (Lipinski definition) is 1. The van der Waals surface area contributed by atoms with Crippen molar-refractivity contribution in [2.75, 3.05) is 20.3 Å². The molecule has 1 aromatic carbocycles. The fourth-order valence-corrected chi connectivity index (χ4v) is 2.51. The Bertz CT molecular complexity index is 423. The van der Waals surface area contributed by atoms with Crippen molar-refractivity contribution < 1.29 is 9.47 Å². The maximum atomic E-state index is 6.35. The maximum absolute atomic E-state index is 6.35. The van der Waals surface area contributed by atoms with E-state index in [-0.39, 0.29) is 0 Å². The Morgan fingerprint density at radius 2 is 2.00 bits per heavy atom. The first-order valence-corrected chi connectivity index (χ1v) is 8.20. The van der Waals surface area contributed by atoms with Crippen LogP contribution in [-0.4, -0.2) is 20.3 Å². The highest BCUT2D eigenvalue weighted by Gasteiger charge is 2.13. The lowest BCUT2D eigenvalue weighted by Gasteiger charge is -2.17. The molecule has 0 amide bonds. The van der Waals surface area contributed by atoms with E-state index < -0.39 is 0 Å². The molecular formula is C17H28ClNO2. The van der Waals surface area contributed by atoms with E-state index in [1.54, 1.807) is 7.11 Å². The van der Waals surface area contributed by atoms with Gasteiger partial charge in [-0.1, -0.05) is 38.8 Å². The number of hydrogen-bond acceptors (Lipinski definition) is 3. The highest BCUT2D eigenvalue weighted by atomic mass is 35.5. The molecule has 0 aliphatic rings. The molecule has 1 aromatic rings. The molecule has 0 aliphatic heterocycles. The van der Waals surface area contributed by atoms with Gasteiger partial charge in [-0.25, -0.2) is 0 Å². The van der Waals surface area contributed by atoms with Crippen molar-refractivity contribution in [2.24, 2.45) is 5.92 Å². The number of halogens is 1. The van der Waals surface area contributed by atoms with Crippen LogP contribution in [0.1, 0.15) is 45.6 Å². The Hall–Kier alpha value is -0.930. The van der Waals surface area contributed by atoms with Crippen molar-refractivity contribution in [3.63, 3.8) is 0 Å². The molecule has 21 heavy (non-hydrogen) atoms. The lowest BCUT2D eigenvalue weighted by molar-refractivity contribution is 0.240. The van der Waals surface area contributed by atoms with Crippen LogP contribution in [0.2, 0.25) is 5.02 Å². The lowest BCUT2D eigenvalue weighted by atomic mass is 10.1. The maximum Gasteiger partial charge on any atom is 0.179 e. The van der Waals surface area contributed by atoms with E-state index in [0.717, 1.165) is 37.9 Å². The minimum atomic E-state index is 0.515. The highest BCUT2D eigenvalue weighted by Crippen LogP contribution is 2.36. The van der Waals surface area contributed by atoms with Crippen molar-refractivity contribution in [1.29, 1.82) is 0 Å². The monoisotopic (exact) mass is 313 g/mol. The van der Waals surface area contributed by atoms with Crippen molar-refractivity contribution in [2.45, 2.75) is 46.6 Å². The van der Waals surface area contributed by atoms with E-state index >= 15 is 0 Å². The summed E-state index contributed by atoms with van der Waals surface area (Å²) in [6.45, 7) is 8.96. The zero-order chi connectivity index (χ0) is 15.7. The fourth-order valence-electron chi connectivity index (χ4n) is 2.23. The van der Waals surface area contributed by atoms with Gasteiger partial charge < -0.3 is 14.8 Å². The van der Waals surface area contributed by atoms with Crippen molar-refractivity contribution in [3.8, 4) is 11.5 Å². The van der Waals surface area contributed by atoms with Crippen LogP contribution in [0.5, 0.6) is 11.5 Å². The molecule has 1 rings (SSSR count).